The Morgan fingerprint density at radius 1 is 0.304 bits per heavy atom. The number of nitrogens with one attached hydrogen (secondary N) is 10. The predicted octanol–water partition coefficient (Wildman–Crippen LogP) is -10.2. The standard InChI is InChI=1S/C58H112N30O13S/c1-3-5-13-32(80-43(91)31(79-42(90)29-59)15-7-23-73-53(61)62)44(92)81-33(14-6-4-2)45(93)82-34(16-8-24-74-54(63)64)46(94)84-37(19-11-27-77-57(69)70)49(97)87-39(21-22-41(60)89)51(99)86-36(18-10-26-76-56(67)68)48(96)83-35(17-9-25-75-55(65)66)47(95)85-38(20-12-28-78-58(71)72)50(98)88-40(30-102)52(100)101/h31-40,102H,3-30,59H2,1-2H3,(H2,60,89)(H,79,90)(H,80,91)(H,81,92)(H,82,93)(H,83,96)(H,84,94)(H,85,95)(H,86,99)(H,87,97)(H,88,98)(H,100,101)(H4,61,62,73)(H4,63,64,74)(H4,65,66,75)(H4,67,68,76)(H4,69,70,77)(H4,71,72,78)/t31-,32-,33-,34-,35-,36-,37-,38-,39-,40-/m0/s1. The number of aliphatic imine (C=N–C) groups is 6. The van der Waals surface area contributed by atoms with E-state index in [0.29, 0.717) is 25.7 Å². The lowest BCUT2D eigenvalue weighted by atomic mass is 10.0. The zero-order valence-corrected chi connectivity index (χ0v) is 59.0. The van der Waals surface area contributed by atoms with E-state index in [9.17, 15) is 62.6 Å². The van der Waals surface area contributed by atoms with Crippen molar-refractivity contribution in [2.24, 2.45) is 110 Å². The zero-order chi connectivity index (χ0) is 77.3. The van der Waals surface area contributed by atoms with Gasteiger partial charge in [0, 0.05) is 51.4 Å². The van der Waals surface area contributed by atoms with Gasteiger partial charge < -0.3 is 139 Å². The minimum absolute atomic E-state index is 0.00443. The number of unbranched alkanes of at least 4 members (excludes halogenated alkanes) is 2. The fourth-order valence-corrected chi connectivity index (χ4v) is 9.68. The van der Waals surface area contributed by atoms with Gasteiger partial charge in [-0.3, -0.25) is 82.7 Å². The lowest BCUT2D eigenvalue weighted by Gasteiger charge is -2.28. The number of carboxylic acids is 1. The van der Waals surface area contributed by atoms with Crippen LogP contribution >= 0.6 is 12.6 Å². The van der Waals surface area contributed by atoms with E-state index in [1.165, 1.54) is 0 Å². The number of amides is 11. The molecule has 0 aliphatic carbocycles. The molecule has 0 spiro atoms. The average Bonchev–Trinajstić information content (AvgIpc) is 0.866. The summed E-state index contributed by atoms with van der Waals surface area (Å²) in [5.41, 5.74) is 77.4. The Balaban J connectivity index is 7.67. The summed E-state index contributed by atoms with van der Waals surface area (Å²) < 4.78 is 0. The lowest BCUT2D eigenvalue weighted by molar-refractivity contribution is -0.141. The predicted molar refractivity (Wildman–Crippen MR) is 387 cm³/mol. The van der Waals surface area contributed by atoms with Gasteiger partial charge in [-0.25, -0.2) is 4.79 Å². The molecule has 0 aromatic rings. The van der Waals surface area contributed by atoms with Crippen LogP contribution in [0.2, 0.25) is 0 Å². The Kier molecular flexibility index (Phi) is 47.2. The third-order valence-electron chi connectivity index (χ3n) is 14.7. The molecule has 0 aromatic carbocycles. The molecule has 0 aromatic heterocycles. The van der Waals surface area contributed by atoms with Crippen molar-refractivity contribution in [1.29, 1.82) is 0 Å². The number of hydrogen-bond donors (Lipinski definition) is 26. The quantitative estimate of drug-likeness (QED) is 0.0116. The van der Waals surface area contributed by atoms with Crippen LogP contribution < -0.4 is 133 Å². The zero-order valence-electron chi connectivity index (χ0n) is 58.1. The number of carbonyl (C=O) groups is 12. The molecule has 0 unspecified atom stereocenters. The second kappa shape index (κ2) is 52.6. The summed E-state index contributed by atoms with van der Waals surface area (Å²) in [4.78, 5) is 189. The molecule has 578 valence electrons. The van der Waals surface area contributed by atoms with E-state index in [1.807, 2.05) is 13.8 Å². The van der Waals surface area contributed by atoms with Crippen molar-refractivity contribution in [3.8, 4) is 0 Å². The first-order valence-electron chi connectivity index (χ1n) is 33.4. The van der Waals surface area contributed by atoms with Crippen LogP contribution in [-0.2, 0) is 57.5 Å². The number of hydrogen-bond acceptors (Lipinski definition) is 20. The Morgan fingerprint density at radius 3 is 0.657 bits per heavy atom. The molecule has 0 saturated carbocycles. The number of guanidine groups is 6. The van der Waals surface area contributed by atoms with Crippen LogP contribution in [0.25, 0.3) is 0 Å². The van der Waals surface area contributed by atoms with Gasteiger partial charge in [-0.1, -0.05) is 39.5 Å². The molecule has 102 heavy (non-hydrogen) atoms. The van der Waals surface area contributed by atoms with Gasteiger partial charge in [-0.2, -0.15) is 12.6 Å². The third kappa shape index (κ3) is 42.5. The summed E-state index contributed by atoms with van der Waals surface area (Å²) in [6.07, 6.45) is 0.411. The van der Waals surface area contributed by atoms with Crippen molar-refractivity contribution in [2.75, 3.05) is 51.6 Å². The molecule has 11 amide bonds. The molecule has 0 aliphatic rings. The van der Waals surface area contributed by atoms with E-state index >= 15 is 0 Å². The summed E-state index contributed by atoms with van der Waals surface area (Å²) in [6.45, 7) is 3.04. The van der Waals surface area contributed by atoms with Crippen LogP contribution in [0.5, 0.6) is 0 Å². The highest BCUT2D eigenvalue weighted by molar-refractivity contribution is 7.80. The fraction of sp³-hybridized carbons (Fsp3) is 0.690. The Labute approximate surface area is 597 Å². The first kappa shape index (κ1) is 91.6. The maximum atomic E-state index is 14.7. The average molecular weight is 1470 g/mol. The van der Waals surface area contributed by atoms with Crippen LogP contribution in [0.1, 0.15) is 142 Å². The number of nitrogens with zero attached hydrogens (tertiary/aromatic N) is 6. The van der Waals surface area contributed by atoms with Gasteiger partial charge >= 0.3 is 5.97 Å². The number of carboxylic acid groups (broad SMARTS) is 1. The summed E-state index contributed by atoms with van der Waals surface area (Å²) >= 11 is 4.00. The second-order valence-corrected chi connectivity index (χ2v) is 23.7. The Morgan fingerprint density at radius 2 is 0.490 bits per heavy atom. The molecule has 0 aliphatic heterocycles. The molecule has 10 atom stereocenters. The lowest BCUT2D eigenvalue weighted by Crippen LogP contribution is -2.60. The SMILES string of the molecule is CCCC[C@H](NC(=O)[C@H](CCCN=C(N)N)NC(=O)CN)C(=O)N[C@@H](CCCC)C(=O)N[C@@H](CCCN=C(N)N)C(=O)N[C@@H](CCCN=C(N)N)C(=O)N[C@@H](CCC(N)=O)C(=O)N[C@@H](CCCN=C(N)N)C(=O)N[C@@H](CCCN=C(N)N)C(=O)N[C@@H](CCCN=C(N)N)C(=O)N[C@@H](CS)C(=O)O. The summed E-state index contributed by atoms with van der Waals surface area (Å²) in [5.74, 6) is -13.4. The van der Waals surface area contributed by atoms with Gasteiger partial charge in [0.05, 0.1) is 6.54 Å². The van der Waals surface area contributed by atoms with Crippen LogP contribution in [0.15, 0.2) is 30.0 Å². The van der Waals surface area contributed by atoms with E-state index in [-0.39, 0.29) is 171 Å². The van der Waals surface area contributed by atoms with Gasteiger partial charge in [-0.05, 0) is 96.3 Å². The van der Waals surface area contributed by atoms with Gasteiger partial charge in [0.15, 0.2) is 35.8 Å². The van der Waals surface area contributed by atoms with E-state index < -0.39 is 151 Å². The van der Waals surface area contributed by atoms with Crippen molar-refractivity contribution in [3.05, 3.63) is 0 Å². The number of rotatable bonds is 55. The smallest absolute Gasteiger partial charge is 0.327 e. The van der Waals surface area contributed by atoms with Crippen LogP contribution in [-0.4, -0.2) is 224 Å². The number of thiol groups is 1. The molecule has 0 heterocycles. The second-order valence-electron chi connectivity index (χ2n) is 23.4. The molecule has 0 rings (SSSR count). The van der Waals surface area contributed by atoms with Gasteiger partial charge in [0.25, 0.3) is 0 Å². The molecule has 44 heteroatoms. The van der Waals surface area contributed by atoms with Gasteiger partial charge in [-0.15, -0.1) is 0 Å². The monoisotopic (exact) mass is 1470 g/mol. The van der Waals surface area contributed by atoms with Crippen LogP contribution in [0.4, 0.5) is 0 Å². The Bertz CT molecular complexity index is 2880. The molecule has 0 fully saturated rings. The molecule has 0 radical (unpaired) electrons. The van der Waals surface area contributed by atoms with Crippen LogP contribution in [0.3, 0.4) is 0 Å². The number of carbonyl (C=O) groups excluding carboxylic acids is 11. The highest BCUT2D eigenvalue weighted by Gasteiger charge is 2.36. The molecular formula is C58H112N30O13S. The van der Waals surface area contributed by atoms with Crippen molar-refractivity contribution >= 4 is 119 Å². The van der Waals surface area contributed by atoms with E-state index in [2.05, 4.69) is 95.8 Å². The molecule has 39 N–H and O–H groups in total. The largest absolute Gasteiger partial charge is 0.480 e. The first-order chi connectivity index (χ1) is 48.2. The highest BCUT2D eigenvalue weighted by atomic mass is 32.1. The van der Waals surface area contributed by atoms with E-state index in [0.717, 1.165) is 0 Å². The molecule has 43 nitrogen and oxygen atoms in total. The normalized spacial score (nSPS) is 13.6. The van der Waals surface area contributed by atoms with E-state index in [1.54, 1.807) is 0 Å². The van der Waals surface area contributed by atoms with Crippen molar-refractivity contribution in [3.63, 3.8) is 0 Å². The third-order valence-corrected chi connectivity index (χ3v) is 15.1. The molecular weight excluding hydrogens is 1360 g/mol. The van der Waals surface area contributed by atoms with Crippen molar-refractivity contribution < 1.29 is 62.6 Å². The first-order valence-corrected chi connectivity index (χ1v) is 34.0. The summed E-state index contributed by atoms with van der Waals surface area (Å²) in [6, 6.07) is -14.6. The molecule has 0 bridgehead atoms. The topological polar surface area (TPSA) is 784 Å². The minimum Gasteiger partial charge on any atom is -0.480 e. The highest BCUT2D eigenvalue weighted by Crippen LogP contribution is 2.13. The van der Waals surface area contributed by atoms with Crippen molar-refractivity contribution in [2.45, 2.75) is 203 Å². The van der Waals surface area contributed by atoms with Gasteiger partial charge in [0.1, 0.15) is 60.4 Å². The summed E-state index contributed by atoms with van der Waals surface area (Å²) in [7, 11) is 0. The fourth-order valence-electron chi connectivity index (χ4n) is 9.43. The van der Waals surface area contributed by atoms with Gasteiger partial charge in [0.2, 0.25) is 65.0 Å². The minimum atomic E-state index is -1.73. The number of nitrogens with two attached hydrogens (primary N) is 14. The van der Waals surface area contributed by atoms with Crippen molar-refractivity contribution in [1.82, 2.24) is 53.2 Å². The van der Waals surface area contributed by atoms with E-state index in [4.69, 9.17) is 80.3 Å². The Hall–Kier alpha value is -10.4. The van der Waals surface area contributed by atoms with Crippen LogP contribution in [0, 0.1) is 0 Å². The summed E-state index contributed by atoms with van der Waals surface area (Å²) in [5, 5.41) is 35.4. The molecule has 0 saturated heterocycles. The maximum Gasteiger partial charge on any atom is 0.327 e. The number of primary amides is 1. The number of aliphatic carboxylic acids is 1. The maximum absolute atomic E-state index is 14.7.